The van der Waals surface area contributed by atoms with Gasteiger partial charge < -0.3 is 14.8 Å². The molecule has 1 aromatic carbocycles. The summed E-state index contributed by atoms with van der Waals surface area (Å²) in [7, 11) is 3.15. The van der Waals surface area contributed by atoms with Gasteiger partial charge in [-0.2, -0.15) is 0 Å². The van der Waals surface area contributed by atoms with E-state index in [2.05, 4.69) is 25.3 Å². The van der Waals surface area contributed by atoms with E-state index in [0.29, 0.717) is 34.5 Å². The molecule has 4 aromatic rings. The Morgan fingerprint density at radius 2 is 1.85 bits per heavy atom. The highest BCUT2D eigenvalue weighted by Gasteiger charge is 2.22. The zero-order valence-electron chi connectivity index (χ0n) is 19.7. The Kier molecular flexibility index (Phi) is 6.27. The number of carbonyl (C=O) groups is 1. The number of amides is 1. The van der Waals surface area contributed by atoms with Gasteiger partial charge in [0.2, 0.25) is 5.88 Å². The monoisotopic (exact) mass is 458 g/mol. The summed E-state index contributed by atoms with van der Waals surface area (Å²) in [5.74, 6) is 1.45. The van der Waals surface area contributed by atoms with Gasteiger partial charge in [-0.1, -0.05) is 24.3 Å². The number of ether oxygens (including phenoxy) is 2. The van der Waals surface area contributed by atoms with Gasteiger partial charge in [0.05, 0.1) is 25.2 Å². The number of methoxy groups -OCH3 is 1. The maximum Gasteiger partial charge on any atom is 0.415 e. The summed E-state index contributed by atoms with van der Waals surface area (Å²) >= 11 is 0. The minimum Gasteiger partial charge on any atom is -0.480 e. The van der Waals surface area contributed by atoms with Gasteiger partial charge in [-0.25, -0.2) is 19.7 Å². The first-order valence-corrected chi connectivity index (χ1v) is 10.7. The van der Waals surface area contributed by atoms with Crippen LogP contribution in [0.5, 0.6) is 5.88 Å². The molecule has 0 aliphatic heterocycles. The van der Waals surface area contributed by atoms with Gasteiger partial charge in [0, 0.05) is 30.4 Å². The molecule has 0 saturated heterocycles. The fourth-order valence-corrected chi connectivity index (χ4v) is 3.27. The van der Waals surface area contributed by atoms with E-state index in [1.807, 2.05) is 57.2 Å². The van der Waals surface area contributed by atoms with Crippen LogP contribution in [0, 0.1) is 0 Å². The molecule has 0 saturated carbocycles. The zero-order valence-corrected chi connectivity index (χ0v) is 19.7. The third-order valence-electron chi connectivity index (χ3n) is 4.90. The average Bonchev–Trinajstić information content (AvgIpc) is 2.83. The van der Waals surface area contributed by atoms with Gasteiger partial charge in [-0.05, 0) is 38.3 Å². The fourth-order valence-electron chi connectivity index (χ4n) is 3.27. The molecule has 0 fully saturated rings. The molecule has 0 spiro atoms. The molecule has 0 unspecified atom stereocenters. The van der Waals surface area contributed by atoms with E-state index in [0.717, 1.165) is 10.8 Å². The molecule has 0 radical (unpaired) electrons. The predicted molar refractivity (Wildman–Crippen MR) is 131 cm³/mol. The molecule has 174 valence electrons. The molecule has 0 aliphatic rings. The molecule has 3 aromatic heterocycles. The lowest BCUT2D eigenvalue weighted by Crippen LogP contribution is -2.34. The minimum absolute atomic E-state index is 0.354. The second-order valence-corrected chi connectivity index (χ2v) is 8.59. The van der Waals surface area contributed by atoms with E-state index in [9.17, 15) is 4.79 Å². The second kappa shape index (κ2) is 9.30. The van der Waals surface area contributed by atoms with E-state index in [1.165, 1.54) is 11.1 Å². The van der Waals surface area contributed by atoms with Crippen molar-refractivity contribution in [2.75, 3.05) is 24.4 Å². The second-order valence-electron chi connectivity index (χ2n) is 8.59. The molecule has 1 amide bonds. The third kappa shape index (κ3) is 5.03. The highest BCUT2D eigenvalue weighted by atomic mass is 16.6. The molecule has 0 bridgehead atoms. The van der Waals surface area contributed by atoms with Crippen molar-refractivity contribution < 1.29 is 14.3 Å². The van der Waals surface area contributed by atoms with Crippen molar-refractivity contribution in [2.24, 2.45) is 0 Å². The van der Waals surface area contributed by atoms with Crippen LogP contribution in [0.3, 0.4) is 0 Å². The van der Waals surface area contributed by atoms with Gasteiger partial charge in [0.25, 0.3) is 0 Å². The maximum absolute atomic E-state index is 12.4. The molecular formula is C25H26N6O3. The lowest BCUT2D eigenvalue weighted by molar-refractivity contribution is 0.0588. The quantitative estimate of drug-likeness (QED) is 0.435. The predicted octanol–water partition coefficient (Wildman–Crippen LogP) is 5.21. The van der Waals surface area contributed by atoms with Crippen LogP contribution < -0.4 is 15.0 Å². The Hall–Kier alpha value is -4.27. The van der Waals surface area contributed by atoms with Gasteiger partial charge >= 0.3 is 6.09 Å². The van der Waals surface area contributed by atoms with Crippen LogP contribution in [0.25, 0.3) is 22.0 Å². The Morgan fingerprint density at radius 3 is 2.62 bits per heavy atom. The number of aromatic nitrogens is 4. The summed E-state index contributed by atoms with van der Waals surface area (Å²) in [6.45, 7) is 5.43. The van der Waals surface area contributed by atoms with Crippen LogP contribution in [0.4, 0.5) is 22.1 Å². The Labute approximate surface area is 197 Å². The SMILES string of the molecule is COc1ncc(-c2cncc(N(C)C(=O)OC(C)(C)C)n2)cc1Nc1nccc2ccccc12. The Balaban J connectivity index is 1.67. The molecule has 1 N–H and O–H groups in total. The van der Waals surface area contributed by atoms with Gasteiger partial charge in [-0.3, -0.25) is 9.88 Å². The number of nitrogens with one attached hydrogen (secondary N) is 1. The van der Waals surface area contributed by atoms with Crippen LogP contribution >= 0.6 is 0 Å². The summed E-state index contributed by atoms with van der Waals surface area (Å²) in [6, 6.07) is 11.8. The molecule has 3 heterocycles. The van der Waals surface area contributed by atoms with Crippen LogP contribution in [-0.2, 0) is 4.74 Å². The van der Waals surface area contributed by atoms with Crippen molar-refractivity contribution in [1.82, 2.24) is 19.9 Å². The topological polar surface area (TPSA) is 102 Å². The molecular weight excluding hydrogens is 432 g/mol. The smallest absolute Gasteiger partial charge is 0.415 e. The van der Waals surface area contributed by atoms with Crippen molar-refractivity contribution in [3.63, 3.8) is 0 Å². The molecule has 0 aliphatic carbocycles. The largest absolute Gasteiger partial charge is 0.480 e. The number of carbonyl (C=O) groups excluding carboxylic acids is 1. The van der Waals surface area contributed by atoms with Crippen molar-refractivity contribution in [1.29, 1.82) is 0 Å². The number of hydrogen-bond acceptors (Lipinski definition) is 8. The molecule has 9 heteroatoms. The lowest BCUT2D eigenvalue weighted by Gasteiger charge is -2.24. The number of fused-ring (bicyclic) bond motifs is 1. The number of pyridine rings is 2. The van der Waals surface area contributed by atoms with Crippen LogP contribution in [-0.4, -0.2) is 45.8 Å². The first-order valence-electron chi connectivity index (χ1n) is 10.7. The molecule has 9 nitrogen and oxygen atoms in total. The first kappa shape index (κ1) is 22.9. The first-order chi connectivity index (χ1) is 16.2. The minimum atomic E-state index is -0.619. The summed E-state index contributed by atoms with van der Waals surface area (Å²) in [5.41, 5.74) is 1.23. The molecule has 0 atom stereocenters. The summed E-state index contributed by atoms with van der Waals surface area (Å²) in [6.07, 6.45) is 5.98. The number of nitrogens with zero attached hydrogens (tertiary/aromatic N) is 5. The average molecular weight is 459 g/mol. The van der Waals surface area contributed by atoms with E-state index in [1.54, 1.807) is 32.7 Å². The van der Waals surface area contributed by atoms with Gasteiger partial charge in [0.15, 0.2) is 5.82 Å². The highest BCUT2D eigenvalue weighted by Crippen LogP contribution is 2.32. The Morgan fingerprint density at radius 1 is 1.06 bits per heavy atom. The third-order valence-corrected chi connectivity index (χ3v) is 4.90. The Bertz CT molecular complexity index is 1330. The van der Waals surface area contributed by atoms with E-state index >= 15 is 0 Å². The van der Waals surface area contributed by atoms with Crippen LogP contribution in [0.15, 0.2) is 61.2 Å². The van der Waals surface area contributed by atoms with Crippen molar-refractivity contribution in [3.8, 4) is 17.1 Å². The van der Waals surface area contributed by atoms with Gasteiger partial charge in [0.1, 0.15) is 17.1 Å². The standard InChI is InChI=1S/C25H26N6O3/c1-25(2,3)34-24(32)31(4)21-15-26-14-20(29-21)17-12-19(23(33-5)28-13-17)30-22-18-9-7-6-8-16(18)10-11-27-22/h6-15H,1-5H3,(H,27,30). The van der Waals surface area contributed by atoms with Crippen LogP contribution in [0.1, 0.15) is 20.8 Å². The lowest BCUT2D eigenvalue weighted by atomic mass is 10.1. The van der Waals surface area contributed by atoms with E-state index in [4.69, 9.17) is 9.47 Å². The maximum atomic E-state index is 12.4. The number of rotatable bonds is 5. The number of hydrogen-bond donors (Lipinski definition) is 1. The molecule has 4 rings (SSSR count). The van der Waals surface area contributed by atoms with E-state index < -0.39 is 11.7 Å². The number of anilines is 3. The summed E-state index contributed by atoms with van der Waals surface area (Å²) in [5, 5.41) is 5.36. The van der Waals surface area contributed by atoms with Crippen LogP contribution in [0.2, 0.25) is 0 Å². The number of benzene rings is 1. The summed E-state index contributed by atoms with van der Waals surface area (Å²) < 4.78 is 10.9. The van der Waals surface area contributed by atoms with Crippen molar-refractivity contribution in [2.45, 2.75) is 26.4 Å². The van der Waals surface area contributed by atoms with Gasteiger partial charge in [-0.15, -0.1) is 0 Å². The highest BCUT2D eigenvalue weighted by molar-refractivity contribution is 5.93. The van der Waals surface area contributed by atoms with Crippen molar-refractivity contribution in [3.05, 3.63) is 61.2 Å². The zero-order chi connectivity index (χ0) is 24.3. The summed E-state index contributed by atoms with van der Waals surface area (Å²) in [4.78, 5) is 31.5. The normalized spacial score (nSPS) is 11.2. The fraction of sp³-hybridized carbons (Fsp3) is 0.240. The van der Waals surface area contributed by atoms with Crippen molar-refractivity contribution >= 4 is 34.2 Å². The molecule has 34 heavy (non-hydrogen) atoms. The van der Waals surface area contributed by atoms with E-state index in [-0.39, 0.29) is 0 Å².